The Kier molecular flexibility index (Phi) is 2.52. The third kappa shape index (κ3) is 2.16. The molecule has 1 aliphatic heterocycles. The summed E-state index contributed by atoms with van der Waals surface area (Å²) in [6, 6.07) is 2.62. The first kappa shape index (κ1) is 10.0. The Morgan fingerprint density at radius 2 is 2.19 bits per heavy atom. The van der Waals surface area contributed by atoms with Crippen LogP contribution in [0.15, 0.2) is 6.07 Å². The number of rotatable bonds is 3. The molecule has 4 nitrogen and oxygen atoms in total. The van der Waals surface area contributed by atoms with Gasteiger partial charge in [-0.25, -0.2) is 9.97 Å². The molecule has 2 N–H and O–H groups in total. The van der Waals surface area contributed by atoms with E-state index in [1.165, 1.54) is 18.5 Å². The molecule has 16 heavy (non-hydrogen) atoms. The van der Waals surface area contributed by atoms with Gasteiger partial charge in [0.05, 0.1) is 0 Å². The lowest BCUT2D eigenvalue weighted by atomic mass is 10.2. The SMILES string of the molecule is Cc1cc(C2CC2)nc(NC2CCNC2)n1. The van der Waals surface area contributed by atoms with Gasteiger partial charge in [0.15, 0.2) is 0 Å². The predicted octanol–water partition coefficient (Wildman–Crippen LogP) is 1.44. The minimum atomic E-state index is 0.494. The van der Waals surface area contributed by atoms with Crippen molar-refractivity contribution in [2.75, 3.05) is 18.4 Å². The maximum absolute atomic E-state index is 4.61. The van der Waals surface area contributed by atoms with Gasteiger partial charge >= 0.3 is 0 Å². The molecule has 0 aromatic carbocycles. The van der Waals surface area contributed by atoms with Crippen molar-refractivity contribution in [1.29, 1.82) is 0 Å². The first-order valence-electron chi connectivity index (χ1n) is 6.14. The zero-order valence-corrected chi connectivity index (χ0v) is 9.66. The lowest BCUT2D eigenvalue weighted by Gasteiger charge is -2.12. The molecule has 2 aliphatic rings. The van der Waals surface area contributed by atoms with Crippen LogP contribution < -0.4 is 10.6 Å². The zero-order valence-electron chi connectivity index (χ0n) is 9.66. The molecule has 86 valence electrons. The van der Waals surface area contributed by atoms with E-state index in [9.17, 15) is 0 Å². The minimum Gasteiger partial charge on any atom is -0.350 e. The summed E-state index contributed by atoms with van der Waals surface area (Å²) >= 11 is 0. The highest BCUT2D eigenvalue weighted by atomic mass is 15.1. The third-order valence-electron chi connectivity index (χ3n) is 3.26. The molecule has 1 aromatic heterocycles. The van der Waals surface area contributed by atoms with E-state index in [1.54, 1.807) is 0 Å². The van der Waals surface area contributed by atoms with Crippen LogP contribution >= 0.6 is 0 Å². The summed E-state index contributed by atoms with van der Waals surface area (Å²) < 4.78 is 0. The quantitative estimate of drug-likeness (QED) is 0.806. The van der Waals surface area contributed by atoms with Gasteiger partial charge in [0.25, 0.3) is 0 Å². The molecule has 0 bridgehead atoms. The van der Waals surface area contributed by atoms with Crippen molar-refractivity contribution in [2.45, 2.75) is 38.1 Å². The number of hydrogen-bond acceptors (Lipinski definition) is 4. The molecule has 1 saturated carbocycles. The Morgan fingerprint density at radius 1 is 1.31 bits per heavy atom. The van der Waals surface area contributed by atoms with Crippen LogP contribution in [0.5, 0.6) is 0 Å². The van der Waals surface area contributed by atoms with E-state index in [2.05, 4.69) is 26.7 Å². The molecule has 2 fully saturated rings. The summed E-state index contributed by atoms with van der Waals surface area (Å²) in [5, 5.41) is 6.76. The third-order valence-corrected chi connectivity index (χ3v) is 3.26. The fraction of sp³-hybridized carbons (Fsp3) is 0.667. The van der Waals surface area contributed by atoms with Crippen LogP contribution in [-0.2, 0) is 0 Å². The molecule has 1 unspecified atom stereocenters. The molecule has 0 radical (unpaired) electrons. The monoisotopic (exact) mass is 218 g/mol. The van der Waals surface area contributed by atoms with Gasteiger partial charge in [-0.05, 0) is 38.8 Å². The van der Waals surface area contributed by atoms with E-state index in [-0.39, 0.29) is 0 Å². The average molecular weight is 218 g/mol. The molecule has 4 heteroatoms. The van der Waals surface area contributed by atoms with Gasteiger partial charge in [0.1, 0.15) is 0 Å². The number of aromatic nitrogens is 2. The average Bonchev–Trinajstić information content (AvgIpc) is 2.98. The molecule has 1 saturated heterocycles. The first-order valence-corrected chi connectivity index (χ1v) is 6.14. The molecular formula is C12H18N4. The molecule has 1 aliphatic carbocycles. The highest BCUT2D eigenvalue weighted by molar-refractivity contribution is 5.32. The Morgan fingerprint density at radius 3 is 2.88 bits per heavy atom. The van der Waals surface area contributed by atoms with Gasteiger partial charge in [0, 0.05) is 29.9 Å². The van der Waals surface area contributed by atoms with Gasteiger partial charge < -0.3 is 10.6 Å². The van der Waals surface area contributed by atoms with Crippen LogP contribution in [0.4, 0.5) is 5.95 Å². The highest BCUT2D eigenvalue weighted by Gasteiger charge is 2.26. The second-order valence-corrected chi connectivity index (χ2v) is 4.87. The number of nitrogens with zero attached hydrogens (tertiary/aromatic N) is 2. The summed E-state index contributed by atoms with van der Waals surface area (Å²) in [6.07, 6.45) is 3.75. The van der Waals surface area contributed by atoms with E-state index >= 15 is 0 Å². The van der Waals surface area contributed by atoms with Crippen molar-refractivity contribution in [3.05, 3.63) is 17.5 Å². The van der Waals surface area contributed by atoms with Gasteiger partial charge in [-0.2, -0.15) is 0 Å². The molecule has 3 rings (SSSR count). The summed E-state index contributed by atoms with van der Waals surface area (Å²) in [5.74, 6) is 1.51. The largest absolute Gasteiger partial charge is 0.350 e. The van der Waals surface area contributed by atoms with Crippen molar-refractivity contribution >= 4 is 5.95 Å². The van der Waals surface area contributed by atoms with Crippen LogP contribution in [0.25, 0.3) is 0 Å². The van der Waals surface area contributed by atoms with Crippen LogP contribution in [-0.4, -0.2) is 29.1 Å². The van der Waals surface area contributed by atoms with E-state index < -0.39 is 0 Å². The normalized spacial score (nSPS) is 24.7. The Balaban J connectivity index is 1.76. The predicted molar refractivity (Wildman–Crippen MR) is 63.6 cm³/mol. The number of nitrogens with one attached hydrogen (secondary N) is 2. The lowest BCUT2D eigenvalue weighted by Crippen LogP contribution is -2.23. The van der Waals surface area contributed by atoms with Crippen molar-refractivity contribution in [3.8, 4) is 0 Å². The van der Waals surface area contributed by atoms with Gasteiger partial charge in [-0.3, -0.25) is 0 Å². The molecule has 2 heterocycles. The summed E-state index contributed by atoms with van der Waals surface area (Å²) in [7, 11) is 0. The Hall–Kier alpha value is -1.16. The maximum Gasteiger partial charge on any atom is 0.223 e. The molecule has 1 atom stereocenters. The molecule has 0 amide bonds. The number of aryl methyl sites for hydroxylation is 1. The van der Waals surface area contributed by atoms with Gasteiger partial charge in [-0.15, -0.1) is 0 Å². The van der Waals surface area contributed by atoms with Crippen LogP contribution in [0.1, 0.15) is 36.6 Å². The highest BCUT2D eigenvalue weighted by Crippen LogP contribution is 2.39. The van der Waals surface area contributed by atoms with E-state index in [0.717, 1.165) is 31.2 Å². The van der Waals surface area contributed by atoms with E-state index in [1.807, 2.05) is 6.92 Å². The second kappa shape index (κ2) is 4.01. The van der Waals surface area contributed by atoms with Crippen LogP contribution in [0.2, 0.25) is 0 Å². The van der Waals surface area contributed by atoms with Crippen molar-refractivity contribution in [3.63, 3.8) is 0 Å². The van der Waals surface area contributed by atoms with E-state index in [4.69, 9.17) is 0 Å². The molecule has 0 spiro atoms. The van der Waals surface area contributed by atoms with Gasteiger partial charge in [-0.1, -0.05) is 0 Å². The molecule has 1 aromatic rings. The van der Waals surface area contributed by atoms with Crippen LogP contribution in [0, 0.1) is 6.92 Å². The summed E-state index contributed by atoms with van der Waals surface area (Å²) in [4.78, 5) is 9.07. The lowest BCUT2D eigenvalue weighted by molar-refractivity contribution is 0.775. The van der Waals surface area contributed by atoms with Gasteiger partial charge in [0.2, 0.25) is 5.95 Å². The van der Waals surface area contributed by atoms with Crippen molar-refractivity contribution < 1.29 is 0 Å². The second-order valence-electron chi connectivity index (χ2n) is 4.87. The smallest absolute Gasteiger partial charge is 0.223 e. The summed E-state index contributed by atoms with van der Waals surface area (Å²) in [5.41, 5.74) is 2.30. The van der Waals surface area contributed by atoms with E-state index in [0.29, 0.717) is 12.0 Å². The van der Waals surface area contributed by atoms with Crippen molar-refractivity contribution in [2.24, 2.45) is 0 Å². The fourth-order valence-corrected chi connectivity index (χ4v) is 2.21. The Bertz CT molecular complexity index is 381. The minimum absolute atomic E-state index is 0.494. The Labute approximate surface area is 95.9 Å². The number of anilines is 1. The van der Waals surface area contributed by atoms with Crippen molar-refractivity contribution in [1.82, 2.24) is 15.3 Å². The first-order chi connectivity index (χ1) is 7.81. The topological polar surface area (TPSA) is 49.8 Å². The van der Waals surface area contributed by atoms with Crippen LogP contribution in [0.3, 0.4) is 0 Å². The number of hydrogen-bond donors (Lipinski definition) is 2. The molecular weight excluding hydrogens is 200 g/mol. The fourth-order valence-electron chi connectivity index (χ4n) is 2.21. The summed E-state index contributed by atoms with van der Waals surface area (Å²) in [6.45, 7) is 4.17. The maximum atomic E-state index is 4.61. The standard InChI is InChI=1S/C12H18N4/c1-8-6-11(9-2-3-9)16-12(14-8)15-10-4-5-13-7-10/h6,9-10,13H,2-5,7H2,1H3,(H,14,15,16). The zero-order chi connectivity index (χ0) is 11.0.